The van der Waals surface area contributed by atoms with Gasteiger partial charge in [0.05, 0.1) is 30.3 Å². The van der Waals surface area contributed by atoms with Crippen LogP contribution in [0.1, 0.15) is 103 Å². The summed E-state index contributed by atoms with van der Waals surface area (Å²) in [5, 5.41) is 21.7. The number of aromatic carboxylic acids is 1. The molecule has 0 saturated heterocycles. The van der Waals surface area contributed by atoms with Gasteiger partial charge in [-0.25, -0.2) is 4.79 Å². The van der Waals surface area contributed by atoms with Gasteiger partial charge in [-0.2, -0.15) is 0 Å². The van der Waals surface area contributed by atoms with Gasteiger partial charge in [-0.3, -0.25) is 9.59 Å². The van der Waals surface area contributed by atoms with Crippen molar-refractivity contribution < 1.29 is 34.1 Å². The molecule has 2 aliphatic rings. The summed E-state index contributed by atoms with van der Waals surface area (Å²) in [5.74, 6) is -0.847. The Hall–Kier alpha value is -3.55. The van der Waals surface area contributed by atoms with E-state index in [1.165, 1.54) is 56.7 Å². The lowest BCUT2D eigenvalue weighted by atomic mass is 9.85. The number of rotatable bonds is 14. The Kier molecular flexibility index (Phi) is 11.5. The van der Waals surface area contributed by atoms with Crippen molar-refractivity contribution in [3.63, 3.8) is 0 Å². The first-order valence-electron chi connectivity index (χ1n) is 15.1. The van der Waals surface area contributed by atoms with Crippen molar-refractivity contribution in [2.45, 2.75) is 89.5 Å². The van der Waals surface area contributed by atoms with Crippen LogP contribution in [0, 0.1) is 11.8 Å². The van der Waals surface area contributed by atoms with E-state index in [4.69, 9.17) is 9.47 Å². The van der Waals surface area contributed by atoms with E-state index in [0.717, 1.165) is 36.7 Å². The third kappa shape index (κ3) is 9.51. The summed E-state index contributed by atoms with van der Waals surface area (Å²) in [5.41, 5.74) is 1.30. The Morgan fingerprint density at radius 2 is 1.59 bits per heavy atom. The standard InChI is InChI=1S/C33H43NO7/c35-31(34-27-12-4-11-25(21-27)32(36)37)29-22-26(33(38)39)15-18-30(29)41-20-6-10-24-13-16-28(17-14-24)40-19-5-9-23-7-2-1-3-8-23/h13-18,22-23,25,27H,1-12,19-21H2,(H,34,35)(H,36,37)(H,38,39). The topological polar surface area (TPSA) is 122 Å². The minimum absolute atomic E-state index is 0.00847. The Morgan fingerprint density at radius 3 is 2.32 bits per heavy atom. The van der Waals surface area contributed by atoms with Crippen molar-refractivity contribution >= 4 is 17.8 Å². The lowest BCUT2D eigenvalue weighted by molar-refractivity contribution is -0.143. The monoisotopic (exact) mass is 565 g/mol. The molecule has 0 radical (unpaired) electrons. The Labute approximate surface area is 242 Å². The number of ether oxygens (including phenoxy) is 2. The van der Waals surface area contributed by atoms with E-state index in [2.05, 4.69) is 17.4 Å². The van der Waals surface area contributed by atoms with Gasteiger partial charge < -0.3 is 25.0 Å². The smallest absolute Gasteiger partial charge is 0.335 e. The molecule has 0 aliphatic heterocycles. The second-order valence-electron chi connectivity index (χ2n) is 11.5. The molecule has 0 aromatic heterocycles. The van der Waals surface area contributed by atoms with Crippen LogP contribution in [0.25, 0.3) is 0 Å². The van der Waals surface area contributed by atoms with Crippen LogP contribution in [0.15, 0.2) is 42.5 Å². The summed E-state index contributed by atoms with van der Waals surface area (Å²) in [7, 11) is 0. The van der Waals surface area contributed by atoms with Crippen molar-refractivity contribution in [2.24, 2.45) is 11.8 Å². The summed E-state index contributed by atoms with van der Waals surface area (Å²) < 4.78 is 11.9. The Morgan fingerprint density at radius 1 is 0.829 bits per heavy atom. The normalized spacial score (nSPS) is 19.3. The number of aliphatic carboxylic acids is 1. The van der Waals surface area contributed by atoms with Crippen LogP contribution >= 0.6 is 0 Å². The summed E-state index contributed by atoms with van der Waals surface area (Å²) in [4.78, 5) is 36.0. The second-order valence-corrected chi connectivity index (χ2v) is 11.5. The Balaban J connectivity index is 1.24. The molecule has 2 aliphatic carbocycles. The van der Waals surface area contributed by atoms with Crippen LogP contribution in [0.2, 0.25) is 0 Å². The number of carbonyl (C=O) groups excluding carboxylic acids is 1. The molecule has 2 saturated carbocycles. The maximum atomic E-state index is 13.1. The van der Waals surface area contributed by atoms with Crippen LogP contribution in [0.5, 0.6) is 11.5 Å². The van der Waals surface area contributed by atoms with E-state index < -0.39 is 23.8 Å². The molecular formula is C33H43NO7. The molecule has 3 N–H and O–H groups in total. The highest BCUT2D eigenvalue weighted by Crippen LogP contribution is 2.28. The third-order valence-electron chi connectivity index (χ3n) is 8.37. The first-order valence-corrected chi connectivity index (χ1v) is 15.1. The number of amides is 1. The summed E-state index contributed by atoms with van der Waals surface area (Å²) >= 11 is 0. The van der Waals surface area contributed by atoms with Gasteiger partial charge in [0.25, 0.3) is 5.91 Å². The molecule has 0 heterocycles. The van der Waals surface area contributed by atoms with Crippen molar-refractivity contribution in [3.8, 4) is 11.5 Å². The molecule has 2 unspecified atom stereocenters. The van der Waals surface area contributed by atoms with Gasteiger partial charge in [-0.1, -0.05) is 50.7 Å². The predicted octanol–water partition coefficient (Wildman–Crippen LogP) is 6.51. The van der Waals surface area contributed by atoms with E-state index in [1.54, 1.807) is 0 Å². The lowest BCUT2D eigenvalue weighted by Crippen LogP contribution is -2.40. The largest absolute Gasteiger partial charge is 0.494 e. The molecule has 41 heavy (non-hydrogen) atoms. The van der Waals surface area contributed by atoms with Gasteiger partial charge in [0.2, 0.25) is 0 Å². The molecular weight excluding hydrogens is 522 g/mol. The van der Waals surface area contributed by atoms with Gasteiger partial charge in [-0.05, 0) is 86.8 Å². The molecule has 8 heteroatoms. The zero-order chi connectivity index (χ0) is 29.0. The van der Waals surface area contributed by atoms with Crippen molar-refractivity contribution in [3.05, 3.63) is 59.2 Å². The first-order chi connectivity index (χ1) is 19.9. The highest BCUT2D eigenvalue weighted by Gasteiger charge is 2.29. The highest BCUT2D eigenvalue weighted by molar-refractivity contribution is 6.00. The van der Waals surface area contributed by atoms with Gasteiger partial charge in [0.15, 0.2) is 0 Å². The van der Waals surface area contributed by atoms with E-state index in [-0.39, 0.29) is 17.2 Å². The zero-order valence-electron chi connectivity index (χ0n) is 23.8. The van der Waals surface area contributed by atoms with Crippen LogP contribution in [0.3, 0.4) is 0 Å². The summed E-state index contributed by atoms with van der Waals surface area (Å²) in [6, 6.07) is 12.1. The maximum Gasteiger partial charge on any atom is 0.335 e. The zero-order valence-corrected chi connectivity index (χ0v) is 23.8. The number of benzene rings is 2. The third-order valence-corrected chi connectivity index (χ3v) is 8.37. The average Bonchev–Trinajstić information content (AvgIpc) is 2.98. The van der Waals surface area contributed by atoms with E-state index in [1.807, 2.05) is 12.1 Å². The highest BCUT2D eigenvalue weighted by atomic mass is 16.5. The van der Waals surface area contributed by atoms with E-state index >= 15 is 0 Å². The van der Waals surface area contributed by atoms with Crippen LogP contribution in [-0.2, 0) is 11.2 Å². The number of hydrogen-bond acceptors (Lipinski definition) is 5. The number of hydrogen-bond donors (Lipinski definition) is 3. The maximum absolute atomic E-state index is 13.1. The van der Waals surface area contributed by atoms with Crippen molar-refractivity contribution in [2.75, 3.05) is 13.2 Å². The van der Waals surface area contributed by atoms with Crippen LogP contribution in [-0.4, -0.2) is 47.3 Å². The number of nitrogens with one attached hydrogen (secondary N) is 1. The summed E-state index contributed by atoms with van der Waals surface area (Å²) in [6.07, 6.45) is 13.1. The quantitative estimate of drug-likeness (QED) is 0.223. The van der Waals surface area contributed by atoms with Crippen LogP contribution < -0.4 is 14.8 Å². The fourth-order valence-corrected chi connectivity index (χ4v) is 6.02. The van der Waals surface area contributed by atoms with E-state index in [0.29, 0.717) is 44.5 Å². The van der Waals surface area contributed by atoms with E-state index in [9.17, 15) is 24.6 Å². The van der Waals surface area contributed by atoms with Gasteiger partial charge in [0, 0.05) is 6.04 Å². The molecule has 0 bridgehead atoms. The number of carboxylic acid groups (broad SMARTS) is 2. The molecule has 2 fully saturated rings. The molecule has 2 aromatic rings. The molecule has 222 valence electrons. The SMILES string of the molecule is O=C(O)c1ccc(OCCCc2ccc(OCCCC3CCCCC3)cc2)c(C(=O)NC2CCCC(C(=O)O)C2)c1. The second kappa shape index (κ2) is 15.5. The van der Waals surface area contributed by atoms with Gasteiger partial charge in [0.1, 0.15) is 11.5 Å². The molecule has 8 nitrogen and oxygen atoms in total. The molecule has 1 amide bonds. The number of carbonyl (C=O) groups is 3. The number of aryl methyl sites for hydroxylation is 1. The molecule has 2 atom stereocenters. The average molecular weight is 566 g/mol. The first kappa shape index (κ1) is 30.4. The molecule has 2 aromatic carbocycles. The van der Waals surface area contributed by atoms with Gasteiger partial charge in [-0.15, -0.1) is 0 Å². The van der Waals surface area contributed by atoms with Crippen molar-refractivity contribution in [1.82, 2.24) is 5.32 Å². The lowest BCUT2D eigenvalue weighted by Gasteiger charge is -2.27. The van der Waals surface area contributed by atoms with Crippen molar-refractivity contribution in [1.29, 1.82) is 0 Å². The number of carboxylic acids is 2. The minimum Gasteiger partial charge on any atom is -0.494 e. The molecule has 0 spiro atoms. The fraction of sp³-hybridized carbons (Fsp3) is 0.545. The summed E-state index contributed by atoms with van der Waals surface area (Å²) in [6.45, 7) is 1.11. The van der Waals surface area contributed by atoms with Crippen LogP contribution in [0.4, 0.5) is 0 Å². The Bertz CT molecular complexity index is 1160. The molecule has 4 rings (SSSR count). The minimum atomic E-state index is -1.13. The van der Waals surface area contributed by atoms with Gasteiger partial charge >= 0.3 is 11.9 Å². The fourth-order valence-electron chi connectivity index (χ4n) is 6.02. The predicted molar refractivity (Wildman–Crippen MR) is 156 cm³/mol.